The number of thioether (sulfide) groups is 1. The van der Waals surface area contributed by atoms with Crippen LogP contribution in [0.1, 0.15) is 21.5 Å². The molecule has 0 bridgehead atoms. The number of esters is 1. The van der Waals surface area contributed by atoms with Crippen molar-refractivity contribution in [2.75, 3.05) is 7.11 Å². The molecule has 0 atom stereocenters. The van der Waals surface area contributed by atoms with E-state index in [9.17, 15) is 18.8 Å². The van der Waals surface area contributed by atoms with Crippen LogP contribution in [0.25, 0.3) is 6.08 Å². The van der Waals surface area contributed by atoms with Gasteiger partial charge >= 0.3 is 5.97 Å². The average Bonchev–Trinajstić information content (AvgIpc) is 3.09. The van der Waals surface area contributed by atoms with Crippen LogP contribution in [0.2, 0.25) is 10.0 Å². The molecule has 1 fully saturated rings. The molecule has 184 valence electrons. The van der Waals surface area contributed by atoms with E-state index in [1.54, 1.807) is 24.3 Å². The predicted octanol–water partition coefficient (Wildman–Crippen LogP) is 7.36. The number of amides is 2. The summed E-state index contributed by atoms with van der Waals surface area (Å²) < 4.78 is 24.6. The van der Waals surface area contributed by atoms with Gasteiger partial charge in [0.1, 0.15) is 5.82 Å². The Morgan fingerprint density at radius 2 is 1.83 bits per heavy atom. The number of hydrogen-bond acceptors (Lipinski definition) is 6. The highest BCUT2D eigenvalue weighted by Crippen LogP contribution is 2.40. The maximum Gasteiger partial charge on any atom is 0.343 e. The third-order valence-corrected chi connectivity index (χ3v) is 7.14. The number of rotatable bonds is 6. The summed E-state index contributed by atoms with van der Waals surface area (Å²) in [6, 6.07) is 13.2. The summed E-state index contributed by atoms with van der Waals surface area (Å²) in [5.41, 5.74) is 1.26. The summed E-state index contributed by atoms with van der Waals surface area (Å²) in [6.45, 7) is -0.0896. The van der Waals surface area contributed by atoms with Crippen molar-refractivity contribution in [3.63, 3.8) is 0 Å². The van der Waals surface area contributed by atoms with Gasteiger partial charge in [0, 0.05) is 10.0 Å². The van der Waals surface area contributed by atoms with Crippen molar-refractivity contribution >= 4 is 74.1 Å². The summed E-state index contributed by atoms with van der Waals surface area (Å²) >= 11 is 16.1. The van der Waals surface area contributed by atoms with Gasteiger partial charge in [-0.1, -0.05) is 29.3 Å². The van der Waals surface area contributed by atoms with Crippen molar-refractivity contribution in [3.8, 4) is 11.5 Å². The molecule has 0 radical (unpaired) electrons. The van der Waals surface area contributed by atoms with Gasteiger partial charge in [-0.15, -0.1) is 0 Å². The highest BCUT2D eigenvalue weighted by molar-refractivity contribution is 9.10. The molecule has 6 nitrogen and oxygen atoms in total. The first-order valence-corrected chi connectivity index (χ1v) is 12.6. The lowest BCUT2D eigenvalue weighted by Gasteiger charge is -2.14. The van der Waals surface area contributed by atoms with Gasteiger partial charge in [0.2, 0.25) is 0 Å². The molecule has 3 aromatic rings. The second-order valence-electron chi connectivity index (χ2n) is 7.43. The van der Waals surface area contributed by atoms with E-state index in [0.717, 1.165) is 22.7 Å². The van der Waals surface area contributed by atoms with Crippen molar-refractivity contribution in [2.24, 2.45) is 0 Å². The number of hydrogen-bond donors (Lipinski definition) is 0. The first kappa shape index (κ1) is 26.2. The van der Waals surface area contributed by atoms with Crippen LogP contribution in [0.4, 0.5) is 9.18 Å². The second kappa shape index (κ2) is 11.0. The SMILES string of the molecule is COc1cc(/C=C2\SC(=O)N(Cc3ccc(F)cc3Cl)C2=O)cc(Br)c1OC(=O)c1ccc(Cl)cc1. The fourth-order valence-corrected chi connectivity index (χ4v) is 5.00. The van der Waals surface area contributed by atoms with E-state index in [0.29, 0.717) is 26.2 Å². The van der Waals surface area contributed by atoms with Crippen LogP contribution < -0.4 is 9.47 Å². The smallest absolute Gasteiger partial charge is 0.343 e. The summed E-state index contributed by atoms with van der Waals surface area (Å²) in [5.74, 6) is -1.26. The van der Waals surface area contributed by atoms with Crippen LogP contribution >= 0.6 is 50.9 Å². The van der Waals surface area contributed by atoms with Crippen molar-refractivity contribution in [1.82, 2.24) is 4.90 Å². The number of imide groups is 1. The lowest BCUT2D eigenvalue weighted by Crippen LogP contribution is -2.27. The molecule has 1 heterocycles. The standard InChI is InChI=1S/C25H15BrCl2FNO5S/c1-34-20-9-13(8-18(26)22(20)35-24(32)14-2-5-16(27)6-3-14)10-21-23(31)30(25(33)36-21)12-15-4-7-17(29)11-19(15)28/h2-11H,12H2,1H3/b21-10-. The maximum absolute atomic E-state index is 13.3. The normalized spacial score (nSPS) is 14.5. The third-order valence-electron chi connectivity index (χ3n) is 5.04. The van der Waals surface area contributed by atoms with E-state index in [1.165, 1.54) is 37.5 Å². The minimum Gasteiger partial charge on any atom is -0.493 e. The fourth-order valence-electron chi connectivity index (χ4n) is 3.27. The summed E-state index contributed by atoms with van der Waals surface area (Å²) in [7, 11) is 1.41. The highest BCUT2D eigenvalue weighted by Gasteiger charge is 2.35. The molecule has 0 saturated carbocycles. The van der Waals surface area contributed by atoms with Gasteiger partial charge < -0.3 is 9.47 Å². The van der Waals surface area contributed by atoms with Crippen LogP contribution in [0.3, 0.4) is 0 Å². The van der Waals surface area contributed by atoms with E-state index in [4.69, 9.17) is 32.7 Å². The molecule has 0 spiro atoms. The Balaban J connectivity index is 1.56. The predicted molar refractivity (Wildman–Crippen MR) is 140 cm³/mol. The molecule has 1 saturated heterocycles. The molecule has 1 aliphatic rings. The molecule has 36 heavy (non-hydrogen) atoms. The quantitative estimate of drug-likeness (QED) is 0.165. The molecule has 11 heteroatoms. The number of halogens is 4. The number of carbonyl (C=O) groups excluding carboxylic acids is 3. The number of carbonyl (C=O) groups is 3. The zero-order chi connectivity index (χ0) is 26.0. The molecular formula is C25H15BrCl2FNO5S. The first-order chi connectivity index (χ1) is 17.2. The second-order valence-corrected chi connectivity index (χ2v) is 10.1. The van der Waals surface area contributed by atoms with Gasteiger partial charge in [-0.2, -0.15) is 0 Å². The van der Waals surface area contributed by atoms with Gasteiger partial charge in [0.25, 0.3) is 11.1 Å². The number of ether oxygens (including phenoxy) is 2. The monoisotopic (exact) mass is 609 g/mol. The van der Waals surface area contributed by atoms with Gasteiger partial charge in [-0.05, 0) is 93.4 Å². The van der Waals surface area contributed by atoms with Crippen LogP contribution in [0.5, 0.6) is 11.5 Å². The minimum absolute atomic E-state index is 0.0896. The van der Waals surface area contributed by atoms with E-state index in [-0.39, 0.29) is 28.0 Å². The minimum atomic E-state index is -0.612. The molecule has 0 unspecified atom stereocenters. The largest absolute Gasteiger partial charge is 0.493 e. The van der Waals surface area contributed by atoms with Gasteiger partial charge in [0.05, 0.1) is 28.6 Å². The van der Waals surface area contributed by atoms with E-state index >= 15 is 0 Å². The fraction of sp³-hybridized carbons (Fsp3) is 0.0800. The Labute approximate surface area is 228 Å². The average molecular weight is 611 g/mol. The Hall–Kier alpha value is -2.85. The van der Waals surface area contributed by atoms with Gasteiger partial charge in [-0.3, -0.25) is 14.5 Å². The molecule has 0 N–H and O–H groups in total. The number of benzene rings is 3. The van der Waals surface area contributed by atoms with Crippen molar-refractivity contribution in [1.29, 1.82) is 0 Å². The molecule has 0 aliphatic carbocycles. The lowest BCUT2D eigenvalue weighted by atomic mass is 10.1. The first-order valence-electron chi connectivity index (χ1n) is 10.2. The highest BCUT2D eigenvalue weighted by atomic mass is 79.9. The van der Waals surface area contributed by atoms with Crippen LogP contribution in [-0.4, -0.2) is 29.1 Å². The molecule has 0 aromatic heterocycles. The number of methoxy groups -OCH3 is 1. The Bertz CT molecular complexity index is 1410. The molecule has 2 amide bonds. The molecule has 3 aromatic carbocycles. The maximum atomic E-state index is 13.3. The lowest BCUT2D eigenvalue weighted by molar-refractivity contribution is -0.123. The Morgan fingerprint density at radius 1 is 1.11 bits per heavy atom. The molecular weight excluding hydrogens is 596 g/mol. The van der Waals surface area contributed by atoms with E-state index in [2.05, 4.69) is 15.9 Å². The van der Waals surface area contributed by atoms with Crippen LogP contribution in [-0.2, 0) is 11.3 Å². The van der Waals surface area contributed by atoms with Crippen LogP contribution in [0, 0.1) is 5.82 Å². The van der Waals surface area contributed by atoms with Crippen molar-refractivity contribution in [2.45, 2.75) is 6.54 Å². The third kappa shape index (κ3) is 5.75. The topological polar surface area (TPSA) is 72.9 Å². The zero-order valence-electron chi connectivity index (χ0n) is 18.4. The summed E-state index contributed by atoms with van der Waals surface area (Å²) in [6.07, 6.45) is 1.52. The van der Waals surface area contributed by atoms with Crippen LogP contribution in [0.15, 0.2) is 64.0 Å². The van der Waals surface area contributed by atoms with Gasteiger partial charge in [-0.25, -0.2) is 9.18 Å². The Kier molecular flexibility index (Phi) is 8.04. The van der Waals surface area contributed by atoms with Gasteiger partial charge in [0.15, 0.2) is 11.5 Å². The van der Waals surface area contributed by atoms with E-state index in [1.807, 2.05) is 0 Å². The summed E-state index contributed by atoms with van der Waals surface area (Å²) in [4.78, 5) is 39.2. The van der Waals surface area contributed by atoms with E-state index < -0.39 is 22.9 Å². The Morgan fingerprint density at radius 3 is 2.50 bits per heavy atom. The molecule has 4 rings (SSSR count). The summed E-state index contributed by atoms with van der Waals surface area (Å²) in [5, 5.41) is 0.126. The zero-order valence-corrected chi connectivity index (χ0v) is 22.3. The molecule has 1 aliphatic heterocycles. The van der Waals surface area contributed by atoms with Crippen molar-refractivity contribution in [3.05, 3.63) is 96.5 Å². The number of nitrogens with zero attached hydrogens (tertiary/aromatic N) is 1. The van der Waals surface area contributed by atoms with Crippen molar-refractivity contribution < 1.29 is 28.2 Å².